The van der Waals surface area contributed by atoms with Gasteiger partial charge >= 0.3 is 0 Å². The van der Waals surface area contributed by atoms with E-state index in [0.29, 0.717) is 0 Å². The van der Waals surface area contributed by atoms with Crippen LogP contribution < -0.4 is 0 Å². The Balaban J connectivity index is 2.73. The number of halogens is 5. The van der Waals surface area contributed by atoms with Gasteiger partial charge < -0.3 is 5.11 Å². The van der Waals surface area contributed by atoms with Crippen molar-refractivity contribution in [1.82, 2.24) is 0 Å². The molecule has 0 unspecified atom stereocenters. The van der Waals surface area contributed by atoms with Gasteiger partial charge in [-0.25, -0.2) is 0 Å². The predicted molar refractivity (Wildman–Crippen MR) is 56.4 cm³/mol. The minimum absolute atomic E-state index is 0.0719. The zero-order valence-corrected chi connectivity index (χ0v) is 10.0. The van der Waals surface area contributed by atoms with Crippen molar-refractivity contribution in [3.63, 3.8) is 0 Å². The van der Waals surface area contributed by atoms with E-state index in [2.05, 4.69) is 0 Å². The average Bonchev–Trinajstić information content (AvgIpc) is 2.30. The van der Waals surface area contributed by atoms with Crippen LogP contribution in [-0.4, -0.2) is 20.6 Å². The normalized spacial score (nSPS) is 41.6. The quantitative estimate of drug-likeness (QED) is 0.696. The third-order valence-electron chi connectivity index (χ3n) is 2.32. The van der Waals surface area contributed by atoms with Crippen molar-refractivity contribution in [3.05, 3.63) is 20.9 Å². The summed E-state index contributed by atoms with van der Waals surface area (Å²) in [5.74, 6) is -1.28. The van der Waals surface area contributed by atoms with Crippen molar-refractivity contribution in [2.45, 2.75) is 9.75 Å². The second kappa shape index (κ2) is 2.74. The lowest BCUT2D eigenvalue weighted by molar-refractivity contribution is -0.116. The molecule has 7 heteroatoms. The molecule has 0 saturated heterocycles. The van der Waals surface area contributed by atoms with Gasteiger partial charge in [0.15, 0.2) is 9.75 Å². The van der Waals surface area contributed by atoms with Gasteiger partial charge in [0.1, 0.15) is 10.8 Å². The second-order valence-corrected chi connectivity index (χ2v) is 5.20. The number of aliphatic hydroxyl groups is 1. The molecule has 0 radical (unpaired) electrons. The molecule has 0 bridgehead atoms. The number of alkyl halides is 2. The first-order valence-corrected chi connectivity index (χ1v) is 5.26. The third-order valence-corrected chi connectivity index (χ3v) is 5.30. The number of ketones is 1. The van der Waals surface area contributed by atoms with Crippen molar-refractivity contribution < 1.29 is 9.90 Å². The lowest BCUT2D eigenvalue weighted by Crippen LogP contribution is -2.57. The molecule has 0 amide bonds. The zero-order valence-electron chi connectivity index (χ0n) is 6.25. The SMILES string of the molecule is O=C1C(Cl)=C(O)[C@@]2(Cl)C(Cl)=C(Cl)[C@]12Cl. The van der Waals surface area contributed by atoms with Crippen LogP contribution in [0, 0.1) is 0 Å². The maximum Gasteiger partial charge on any atom is 0.206 e. The predicted octanol–water partition coefficient (Wildman–Crippen LogP) is 3.24. The molecule has 2 nitrogen and oxygen atoms in total. The van der Waals surface area contributed by atoms with E-state index < -0.39 is 26.3 Å². The molecule has 0 fully saturated rings. The number of hydrogen-bond donors (Lipinski definition) is 1. The Labute approximate surface area is 104 Å². The molecule has 14 heavy (non-hydrogen) atoms. The van der Waals surface area contributed by atoms with Crippen LogP contribution in [0.5, 0.6) is 0 Å². The minimum Gasteiger partial charge on any atom is -0.508 e. The second-order valence-electron chi connectivity index (χ2n) is 2.94. The highest BCUT2D eigenvalue weighted by Gasteiger charge is 2.75. The molecule has 0 spiro atoms. The molecule has 0 aromatic carbocycles. The molecule has 0 aromatic heterocycles. The number of carbonyl (C=O) groups excluding carboxylic acids is 1. The molecule has 76 valence electrons. The summed E-state index contributed by atoms with van der Waals surface area (Å²) >= 11 is 28.7. The molecular weight excluding hydrogens is 293 g/mol. The molecule has 0 heterocycles. The summed E-state index contributed by atoms with van der Waals surface area (Å²) in [6.45, 7) is 0. The van der Waals surface area contributed by atoms with E-state index in [0.717, 1.165) is 0 Å². The van der Waals surface area contributed by atoms with Crippen LogP contribution >= 0.6 is 58.0 Å². The first-order chi connectivity index (χ1) is 6.29. The van der Waals surface area contributed by atoms with Gasteiger partial charge in [-0.15, -0.1) is 23.2 Å². The summed E-state index contributed by atoms with van der Waals surface area (Å²) in [6.07, 6.45) is 0. The van der Waals surface area contributed by atoms with E-state index in [1.807, 2.05) is 0 Å². The number of allylic oxidation sites excluding steroid dienone is 3. The van der Waals surface area contributed by atoms with Crippen LogP contribution in [0.3, 0.4) is 0 Å². The zero-order chi connectivity index (χ0) is 10.9. The van der Waals surface area contributed by atoms with E-state index in [9.17, 15) is 9.90 Å². The van der Waals surface area contributed by atoms with E-state index in [1.54, 1.807) is 0 Å². The van der Waals surface area contributed by atoms with Gasteiger partial charge in [-0.3, -0.25) is 4.79 Å². The molecular formula is C7HCl5O2. The van der Waals surface area contributed by atoms with Crippen LogP contribution in [-0.2, 0) is 4.79 Å². The number of fused-ring (bicyclic) bond motifs is 1. The number of rotatable bonds is 0. The lowest BCUT2D eigenvalue weighted by atomic mass is 9.80. The van der Waals surface area contributed by atoms with Crippen LogP contribution in [0.2, 0.25) is 0 Å². The van der Waals surface area contributed by atoms with E-state index in [-0.39, 0.29) is 10.1 Å². The lowest BCUT2D eigenvalue weighted by Gasteiger charge is -2.43. The number of carbonyl (C=O) groups is 1. The molecule has 0 aliphatic heterocycles. The number of Topliss-reactive ketones (excluding diaryl/α,β-unsaturated/α-hetero) is 1. The van der Waals surface area contributed by atoms with E-state index in [4.69, 9.17) is 58.0 Å². The van der Waals surface area contributed by atoms with Gasteiger partial charge in [-0.2, -0.15) is 0 Å². The highest BCUT2D eigenvalue weighted by molar-refractivity contribution is 6.67. The molecule has 2 atom stereocenters. The Bertz CT molecular complexity index is 426. The van der Waals surface area contributed by atoms with Crippen molar-refractivity contribution in [2.75, 3.05) is 0 Å². The van der Waals surface area contributed by atoms with Gasteiger partial charge in [0.2, 0.25) is 5.78 Å². The van der Waals surface area contributed by atoms with Gasteiger partial charge in [0.05, 0.1) is 10.1 Å². The van der Waals surface area contributed by atoms with Crippen LogP contribution in [0.4, 0.5) is 0 Å². The first-order valence-electron chi connectivity index (χ1n) is 3.37. The molecule has 0 saturated carbocycles. The number of hydrogen-bond acceptors (Lipinski definition) is 2. The van der Waals surface area contributed by atoms with Crippen molar-refractivity contribution in [1.29, 1.82) is 0 Å². The average molecular weight is 294 g/mol. The maximum atomic E-state index is 11.5. The summed E-state index contributed by atoms with van der Waals surface area (Å²) in [5.41, 5.74) is 0. The summed E-state index contributed by atoms with van der Waals surface area (Å²) in [4.78, 5) is 8.08. The van der Waals surface area contributed by atoms with E-state index >= 15 is 0 Å². The summed E-state index contributed by atoms with van der Waals surface area (Å²) in [7, 11) is 0. The highest BCUT2D eigenvalue weighted by atomic mass is 35.5. The Morgan fingerprint density at radius 2 is 1.43 bits per heavy atom. The Morgan fingerprint density at radius 3 is 1.86 bits per heavy atom. The van der Waals surface area contributed by atoms with Crippen LogP contribution in [0.15, 0.2) is 20.9 Å². The molecule has 1 N–H and O–H groups in total. The van der Waals surface area contributed by atoms with Gasteiger partial charge in [0.25, 0.3) is 0 Å². The standard InChI is InChI=1S/C7HCl5O2/c8-1-4(13)6(11)2(9)3(10)7(6,12)5(1)14/h13H/t6-,7-/m0/s1. The molecule has 2 aliphatic carbocycles. The summed E-state index contributed by atoms with van der Waals surface area (Å²) in [6, 6.07) is 0. The smallest absolute Gasteiger partial charge is 0.206 e. The van der Waals surface area contributed by atoms with Gasteiger partial charge in [0, 0.05) is 0 Å². The van der Waals surface area contributed by atoms with Crippen molar-refractivity contribution in [2.24, 2.45) is 0 Å². The third kappa shape index (κ3) is 0.782. The van der Waals surface area contributed by atoms with Gasteiger partial charge in [-0.05, 0) is 0 Å². The highest BCUT2D eigenvalue weighted by Crippen LogP contribution is 2.67. The maximum absolute atomic E-state index is 11.5. The Morgan fingerprint density at radius 1 is 1.00 bits per heavy atom. The first kappa shape index (κ1) is 10.9. The Hall–Kier alpha value is 0.400. The fraction of sp³-hybridized carbons (Fsp3) is 0.286. The molecule has 2 aliphatic rings. The fourth-order valence-corrected chi connectivity index (χ4v) is 3.53. The van der Waals surface area contributed by atoms with Crippen LogP contribution in [0.25, 0.3) is 0 Å². The monoisotopic (exact) mass is 292 g/mol. The summed E-state index contributed by atoms with van der Waals surface area (Å²) < 4.78 is 0. The minimum atomic E-state index is -1.74. The summed E-state index contributed by atoms with van der Waals surface area (Å²) in [5, 5.41) is 8.91. The topological polar surface area (TPSA) is 37.3 Å². The van der Waals surface area contributed by atoms with Crippen molar-refractivity contribution in [3.8, 4) is 0 Å². The van der Waals surface area contributed by atoms with Crippen molar-refractivity contribution >= 4 is 63.8 Å². The van der Waals surface area contributed by atoms with E-state index in [1.165, 1.54) is 0 Å². The largest absolute Gasteiger partial charge is 0.508 e. The van der Waals surface area contributed by atoms with Crippen LogP contribution in [0.1, 0.15) is 0 Å². The van der Waals surface area contributed by atoms with Gasteiger partial charge in [-0.1, -0.05) is 34.8 Å². The molecule has 0 aromatic rings. The number of aliphatic hydroxyl groups excluding tert-OH is 1. The fourth-order valence-electron chi connectivity index (χ4n) is 1.48. The molecule has 2 rings (SSSR count). The Kier molecular flexibility index (Phi) is 2.14.